The number of hydrogen-bond donors (Lipinski definition) is 1. The van der Waals surface area contributed by atoms with Crippen LogP contribution in [0.25, 0.3) is 11.0 Å². The minimum Gasteiger partial charge on any atom is -0.497 e. The van der Waals surface area contributed by atoms with Gasteiger partial charge in [-0.15, -0.1) is 0 Å². The molecule has 0 amide bonds. The molecule has 1 N–H and O–H groups in total. The predicted octanol–water partition coefficient (Wildman–Crippen LogP) is 2.04. The molecule has 0 radical (unpaired) electrons. The highest BCUT2D eigenvalue weighted by Crippen LogP contribution is 2.21. The number of benzene rings is 1. The summed E-state index contributed by atoms with van der Waals surface area (Å²) in [7, 11) is 3.79. The highest BCUT2D eigenvalue weighted by Gasteiger charge is 2.19. The fourth-order valence-corrected chi connectivity index (χ4v) is 2.90. The van der Waals surface area contributed by atoms with E-state index in [0.29, 0.717) is 0 Å². The number of H-pyrrole nitrogens is 1. The molecule has 6 heteroatoms. The molecule has 2 heterocycles. The van der Waals surface area contributed by atoms with Gasteiger partial charge in [0.25, 0.3) is 0 Å². The van der Waals surface area contributed by atoms with Crippen molar-refractivity contribution < 1.29 is 9.47 Å². The third-order valence-electron chi connectivity index (χ3n) is 3.71. The topological polar surface area (TPSA) is 42.4 Å². The van der Waals surface area contributed by atoms with Crippen LogP contribution in [0, 0.1) is 4.77 Å². The maximum Gasteiger partial charge on any atom is 0.178 e. The van der Waals surface area contributed by atoms with E-state index < -0.39 is 0 Å². The number of imidazole rings is 1. The van der Waals surface area contributed by atoms with Crippen molar-refractivity contribution in [1.29, 1.82) is 0 Å². The van der Waals surface area contributed by atoms with Crippen LogP contribution in [0.1, 0.15) is 0 Å². The fraction of sp³-hybridized carbons (Fsp3) is 0.500. The van der Waals surface area contributed by atoms with Crippen molar-refractivity contribution in [3.05, 3.63) is 23.0 Å². The summed E-state index contributed by atoms with van der Waals surface area (Å²) in [6.07, 6.45) is 0.172. The van der Waals surface area contributed by atoms with Crippen molar-refractivity contribution in [2.45, 2.75) is 12.6 Å². The number of nitrogens with zero attached hydrogens (tertiary/aromatic N) is 2. The monoisotopic (exact) mass is 293 g/mol. The number of hydrogen-bond acceptors (Lipinski definition) is 4. The summed E-state index contributed by atoms with van der Waals surface area (Å²) in [5, 5.41) is 0. The second kappa shape index (κ2) is 5.55. The summed E-state index contributed by atoms with van der Waals surface area (Å²) in [4.78, 5) is 5.52. The van der Waals surface area contributed by atoms with Crippen molar-refractivity contribution in [2.24, 2.45) is 0 Å². The smallest absolute Gasteiger partial charge is 0.178 e. The first-order chi connectivity index (χ1) is 9.67. The van der Waals surface area contributed by atoms with Gasteiger partial charge in [0.05, 0.1) is 37.4 Å². The minimum atomic E-state index is 0.172. The molecule has 0 bridgehead atoms. The quantitative estimate of drug-likeness (QED) is 0.880. The number of aromatic nitrogens is 2. The third-order valence-corrected chi connectivity index (χ3v) is 4.03. The number of likely N-dealkylation sites (N-methyl/N-ethyl adjacent to an activating group) is 1. The minimum absolute atomic E-state index is 0.172. The van der Waals surface area contributed by atoms with Gasteiger partial charge in [0.1, 0.15) is 5.75 Å². The van der Waals surface area contributed by atoms with Crippen LogP contribution in [-0.2, 0) is 11.3 Å². The molecule has 3 rings (SSSR count). The zero-order chi connectivity index (χ0) is 14.1. The molecule has 5 nitrogen and oxygen atoms in total. The van der Waals surface area contributed by atoms with Gasteiger partial charge in [-0.05, 0) is 31.4 Å². The van der Waals surface area contributed by atoms with Gasteiger partial charge in [-0.1, -0.05) is 0 Å². The molecule has 20 heavy (non-hydrogen) atoms. The molecule has 108 valence electrons. The van der Waals surface area contributed by atoms with E-state index in [1.165, 1.54) is 0 Å². The normalized spacial score (nSPS) is 20.4. The third kappa shape index (κ3) is 2.59. The maximum atomic E-state index is 5.83. The molecule has 0 spiro atoms. The average Bonchev–Trinajstić information content (AvgIpc) is 2.74. The highest BCUT2D eigenvalue weighted by molar-refractivity contribution is 7.71. The first kappa shape index (κ1) is 13.6. The van der Waals surface area contributed by atoms with Gasteiger partial charge in [-0.2, -0.15) is 0 Å². The van der Waals surface area contributed by atoms with Gasteiger partial charge >= 0.3 is 0 Å². The molecule has 1 aromatic carbocycles. The first-order valence-electron chi connectivity index (χ1n) is 6.74. The number of rotatable bonds is 3. The van der Waals surface area contributed by atoms with Crippen molar-refractivity contribution in [3.8, 4) is 5.75 Å². The summed E-state index contributed by atoms with van der Waals surface area (Å²) < 4.78 is 13.9. The lowest BCUT2D eigenvalue weighted by Crippen LogP contribution is -2.41. The van der Waals surface area contributed by atoms with Crippen molar-refractivity contribution >= 4 is 23.3 Å². The van der Waals surface area contributed by atoms with E-state index in [2.05, 4.69) is 21.5 Å². The Morgan fingerprint density at radius 1 is 1.50 bits per heavy atom. The lowest BCUT2D eigenvalue weighted by atomic mass is 10.2. The van der Waals surface area contributed by atoms with Gasteiger partial charge < -0.3 is 23.9 Å². The van der Waals surface area contributed by atoms with E-state index in [-0.39, 0.29) is 6.10 Å². The molecule has 0 saturated carbocycles. The Morgan fingerprint density at radius 3 is 3.10 bits per heavy atom. The first-order valence-corrected chi connectivity index (χ1v) is 7.15. The van der Waals surface area contributed by atoms with E-state index in [1.807, 2.05) is 18.2 Å². The summed E-state index contributed by atoms with van der Waals surface area (Å²) in [5.74, 6) is 0.835. The number of methoxy groups -OCH3 is 1. The standard InChI is InChI=1S/C14H19N3O2S/c1-16-5-6-19-11(8-16)9-17-13-7-10(18-2)3-4-12(13)15-14(17)20/h3-4,7,11H,5-6,8-9H2,1-2H3,(H,15,20). The van der Waals surface area contributed by atoms with Crippen LogP contribution in [0.15, 0.2) is 18.2 Å². The van der Waals surface area contributed by atoms with Crippen molar-refractivity contribution in [2.75, 3.05) is 33.9 Å². The Kier molecular flexibility index (Phi) is 3.78. The van der Waals surface area contributed by atoms with E-state index in [1.54, 1.807) is 7.11 Å². The highest BCUT2D eigenvalue weighted by atomic mass is 32.1. The maximum absolute atomic E-state index is 5.83. The van der Waals surface area contributed by atoms with Gasteiger partial charge in [-0.3, -0.25) is 0 Å². The Morgan fingerprint density at radius 2 is 2.35 bits per heavy atom. The molecule has 1 aliphatic heterocycles. The van der Waals surface area contributed by atoms with Gasteiger partial charge in [0.2, 0.25) is 0 Å². The van der Waals surface area contributed by atoms with Gasteiger partial charge in [-0.25, -0.2) is 0 Å². The van der Waals surface area contributed by atoms with Crippen LogP contribution in [0.3, 0.4) is 0 Å². The number of fused-ring (bicyclic) bond motifs is 1. The Bertz CT molecular complexity index is 664. The van der Waals surface area contributed by atoms with E-state index in [0.717, 1.165) is 47.8 Å². The van der Waals surface area contributed by atoms with Crippen LogP contribution in [-0.4, -0.2) is 54.4 Å². The Hall–Kier alpha value is -1.37. The Labute approximate surface area is 123 Å². The molecule has 2 aromatic rings. The lowest BCUT2D eigenvalue weighted by Gasteiger charge is -2.30. The van der Waals surface area contributed by atoms with Crippen molar-refractivity contribution in [3.63, 3.8) is 0 Å². The second-order valence-electron chi connectivity index (χ2n) is 5.18. The summed E-state index contributed by atoms with van der Waals surface area (Å²) >= 11 is 5.43. The summed E-state index contributed by atoms with van der Waals surface area (Å²) in [6.45, 7) is 3.46. The molecule has 1 saturated heterocycles. The SMILES string of the molecule is COc1ccc2[nH]c(=S)n(CC3CN(C)CCO3)c2c1. The molecule has 1 aliphatic rings. The molecule has 1 atom stereocenters. The molecular weight excluding hydrogens is 274 g/mol. The van der Waals surface area contributed by atoms with Crippen LogP contribution >= 0.6 is 12.2 Å². The van der Waals surface area contributed by atoms with Gasteiger partial charge in [0.15, 0.2) is 4.77 Å². The molecule has 1 unspecified atom stereocenters. The second-order valence-corrected chi connectivity index (χ2v) is 5.57. The van der Waals surface area contributed by atoms with Crippen LogP contribution in [0.5, 0.6) is 5.75 Å². The van der Waals surface area contributed by atoms with E-state index in [9.17, 15) is 0 Å². The lowest BCUT2D eigenvalue weighted by molar-refractivity contribution is -0.0271. The van der Waals surface area contributed by atoms with Crippen LogP contribution in [0.2, 0.25) is 0 Å². The Balaban J connectivity index is 1.93. The van der Waals surface area contributed by atoms with E-state index in [4.69, 9.17) is 21.7 Å². The largest absolute Gasteiger partial charge is 0.497 e. The van der Waals surface area contributed by atoms with Crippen LogP contribution < -0.4 is 4.74 Å². The average molecular weight is 293 g/mol. The summed E-state index contributed by atoms with van der Waals surface area (Å²) in [5.41, 5.74) is 2.09. The number of ether oxygens (including phenoxy) is 2. The fourth-order valence-electron chi connectivity index (χ4n) is 2.62. The molecule has 1 fully saturated rings. The number of aromatic amines is 1. The number of nitrogens with one attached hydrogen (secondary N) is 1. The molecule has 1 aromatic heterocycles. The summed E-state index contributed by atoms with van der Waals surface area (Å²) in [6, 6.07) is 5.94. The molecular formula is C14H19N3O2S. The van der Waals surface area contributed by atoms with Gasteiger partial charge in [0, 0.05) is 19.2 Å². The number of morpholine rings is 1. The zero-order valence-electron chi connectivity index (χ0n) is 11.8. The van der Waals surface area contributed by atoms with Crippen molar-refractivity contribution in [1.82, 2.24) is 14.5 Å². The predicted molar refractivity (Wildman–Crippen MR) is 80.9 cm³/mol. The van der Waals surface area contributed by atoms with E-state index >= 15 is 0 Å². The molecule has 0 aliphatic carbocycles. The van der Waals surface area contributed by atoms with Crippen LogP contribution in [0.4, 0.5) is 0 Å². The zero-order valence-corrected chi connectivity index (χ0v) is 12.6.